The highest BCUT2D eigenvalue weighted by Gasteiger charge is 2.27. The summed E-state index contributed by atoms with van der Waals surface area (Å²) in [7, 11) is 0. The number of nitrogens with zero attached hydrogens (tertiary/aromatic N) is 3. The van der Waals surface area contributed by atoms with Crippen molar-refractivity contribution < 1.29 is 9.21 Å². The number of amides is 1. The molecule has 0 radical (unpaired) electrons. The van der Waals surface area contributed by atoms with Crippen LogP contribution in [0.3, 0.4) is 0 Å². The normalized spacial score (nSPS) is 17.0. The topological polar surface area (TPSA) is 73.0 Å². The third-order valence-corrected chi connectivity index (χ3v) is 5.49. The molecule has 0 aromatic carbocycles. The molecule has 1 N–H and O–H groups in total. The van der Waals surface area contributed by atoms with Crippen molar-refractivity contribution >= 4 is 17.7 Å². The lowest BCUT2D eigenvalue weighted by Gasteiger charge is -2.25. The van der Waals surface area contributed by atoms with Crippen molar-refractivity contribution in [2.75, 3.05) is 0 Å². The van der Waals surface area contributed by atoms with Gasteiger partial charge in [-0.2, -0.15) is 0 Å². The van der Waals surface area contributed by atoms with Crippen LogP contribution in [0.4, 0.5) is 0 Å². The van der Waals surface area contributed by atoms with Gasteiger partial charge in [0.15, 0.2) is 10.9 Å². The van der Waals surface area contributed by atoms with E-state index in [1.54, 1.807) is 6.26 Å². The fourth-order valence-electron chi connectivity index (χ4n) is 3.21. The van der Waals surface area contributed by atoms with Crippen LogP contribution in [0.1, 0.15) is 58.9 Å². The molecule has 2 aromatic rings. The minimum absolute atomic E-state index is 0.0257. The molecule has 2 aromatic heterocycles. The summed E-state index contributed by atoms with van der Waals surface area (Å²) in [5.74, 6) is 1.51. The van der Waals surface area contributed by atoms with Crippen LogP contribution in [-0.4, -0.2) is 32.0 Å². The maximum absolute atomic E-state index is 12.3. The van der Waals surface area contributed by atoms with Crippen LogP contribution >= 0.6 is 11.8 Å². The number of rotatable bonds is 6. The standard InChI is InChI=1S/C18H26N4O2S/c1-12(2)19-17(23)13(3)25-18-21-20-16(15-10-7-11-24-15)22(18)14-8-5-4-6-9-14/h7,10-14H,4-6,8-9H2,1-3H3,(H,19,23). The number of aromatic nitrogens is 3. The van der Waals surface area contributed by atoms with E-state index in [9.17, 15) is 4.79 Å². The van der Waals surface area contributed by atoms with E-state index in [-0.39, 0.29) is 17.2 Å². The molecule has 1 unspecified atom stereocenters. The van der Waals surface area contributed by atoms with Gasteiger partial charge in [-0.3, -0.25) is 9.36 Å². The molecule has 3 rings (SSSR count). The lowest BCUT2D eigenvalue weighted by atomic mass is 9.95. The van der Waals surface area contributed by atoms with E-state index in [0.717, 1.165) is 29.6 Å². The Morgan fingerprint density at radius 2 is 2.04 bits per heavy atom. The maximum atomic E-state index is 12.3. The number of hydrogen-bond acceptors (Lipinski definition) is 5. The molecule has 0 aliphatic heterocycles. The van der Waals surface area contributed by atoms with Crippen LogP contribution in [0.5, 0.6) is 0 Å². The highest BCUT2D eigenvalue weighted by atomic mass is 32.2. The third-order valence-electron chi connectivity index (χ3n) is 4.43. The zero-order chi connectivity index (χ0) is 17.8. The van der Waals surface area contributed by atoms with E-state index in [0.29, 0.717) is 6.04 Å². The smallest absolute Gasteiger partial charge is 0.233 e. The van der Waals surface area contributed by atoms with E-state index >= 15 is 0 Å². The zero-order valence-electron chi connectivity index (χ0n) is 15.1. The Kier molecular flexibility index (Phi) is 5.83. The van der Waals surface area contributed by atoms with E-state index in [1.807, 2.05) is 32.9 Å². The highest BCUT2D eigenvalue weighted by Crippen LogP contribution is 2.36. The molecule has 1 atom stereocenters. The van der Waals surface area contributed by atoms with Crippen molar-refractivity contribution in [3.63, 3.8) is 0 Å². The van der Waals surface area contributed by atoms with Crippen molar-refractivity contribution in [3.05, 3.63) is 18.4 Å². The number of furan rings is 1. The summed E-state index contributed by atoms with van der Waals surface area (Å²) < 4.78 is 7.74. The Bertz CT molecular complexity index is 690. The molecule has 0 bridgehead atoms. The average molecular weight is 362 g/mol. The molecule has 1 fully saturated rings. The van der Waals surface area contributed by atoms with Gasteiger partial charge in [0, 0.05) is 12.1 Å². The summed E-state index contributed by atoms with van der Waals surface area (Å²) in [6.07, 6.45) is 7.60. The quantitative estimate of drug-likeness (QED) is 0.785. The van der Waals surface area contributed by atoms with Crippen molar-refractivity contribution in [3.8, 4) is 11.6 Å². The Labute approximate surface area is 152 Å². The summed E-state index contributed by atoms with van der Waals surface area (Å²) in [5.41, 5.74) is 0. The second kappa shape index (κ2) is 8.08. The molecule has 7 heteroatoms. The van der Waals surface area contributed by atoms with E-state index in [4.69, 9.17) is 4.42 Å². The Hall–Kier alpha value is -1.76. The Morgan fingerprint density at radius 3 is 2.68 bits per heavy atom. The summed E-state index contributed by atoms with van der Waals surface area (Å²) in [5, 5.41) is 12.3. The summed E-state index contributed by atoms with van der Waals surface area (Å²) in [6.45, 7) is 5.85. The van der Waals surface area contributed by atoms with Gasteiger partial charge in [0.25, 0.3) is 0 Å². The van der Waals surface area contributed by atoms with Crippen LogP contribution < -0.4 is 5.32 Å². The fraction of sp³-hybridized carbons (Fsp3) is 0.611. The molecule has 2 heterocycles. The van der Waals surface area contributed by atoms with Gasteiger partial charge in [-0.05, 0) is 45.7 Å². The van der Waals surface area contributed by atoms with Gasteiger partial charge < -0.3 is 9.73 Å². The molecule has 1 amide bonds. The van der Waals surface area contributed by atoms with Crippen LogP contribution in [0, 0.1) is 0 Å². The SMILES string of the molecule is CC(C)NC(=O)C(C)Sc1nnc(-c2ccco2)n1C1CCCCC1. The molecular formula is C18H26N4O2S. The van der Waals surface area contributed by atoms with E-state index in [2.05, 4.69) is 20.1 Å². The number of carbonyl (C=O) groups is 1. The van der Waals surface area contributed by atoms with Crippen molar-refractivity contribution in [1.29, 1.82) is 0 Å². The molecule has 0 saturated heterocycles. The van der Waals surface area contributed by atoms with Crippen LogP contribution in [0.15, 0.2) is 28.0 Å². The maximum Gasteiger partial charge on any atom is 0.233 e. The van der Waals surface area contributed by atoms with Crippen LogP contribution in [0.2, 0.25) is 0 Å². The molecule has 6 nitrogen and oxygen atoms in total. The largest absolute Gasteiger partial charge is 0.461 e. The average Bonchev–Trinajstić information content (AvgIpc) is 3.24. The second-order valence-electron chi connectivity index (χ2n) is 6.87. The number of hydrogen-bond donors (Lipinski definition) is 1. The predicted octanol–water partition coefficient (Wildman–Crippen LogP) is 4.05. The predicted molar refractivity (Wildman–Crippen MR) is 98.4 cm³/mol. The van der Waals surface area contributed by atoms with Gasteiger partial charge in [0.2, 0.25) is 11.7 Å². The molecular weight excluding hydrogens is 336 g/mol. The lowest BCUT2D eigenvalue weighted by molar-refractivity contribution is -0.120. The summed E-state index contributed by atoms with van der Waals surface area (Å²) in [6, 6.07) is 4.27. The van der Waals surface area contributed by atoms with Crippen LogP contribution in [0.25, 0.3) is 11.6 Å². The van der Waals surface area contributed by atoms with Crippen molar-refractivity contribution in [2.24, 2.45) is 0 Å². The monoisotopic (exact) mass is 362 g/mol. The number of nitrogens with one attached hydrogen (secondary N) is 1. The minimum atomic E-state index is -0.224. The first kappa shape index (κ1) is 18.0. The Morgan fingerprint density at radius 1 is 1.28 bits per heavy atom. The molecule has 1 saturated carbocycles. The zero-order valence-corrected chi connectivity index (χ0v) is 15.9. The van der Waals surface area contributed by atoms with Gasteiger partial charge in [-0.15, -0.1) is 10.2 Å². The first-order valence-electron chi connectivity index (χ1n) is 9.02. The summed E-state index contributed by atoms with van der Waals surface area (Å²) >= 11 is 1.47. The van der Waals surface area contributed by atoms with E-state index < -0.39 is 0 Å². The molecule has 1 aliphatic rings. The summed E-state index contributed by atoms with van der Waals surface area (Å²) in [4.78, 5) is 12.3. The highest BCUT2D eigenvalue weighted by molar-refractivity contribution is 8.00. The lowest BCUT2D eigenvalue weighted by Crippen LogP contribution is -2.36. The first-order valence-corrected chi connectivity index (χ1v) is 9.90. The van der Waals surface area contributed by atoms with Gasteiger partial charge in [-0.25, -0.2) is 0 Å². The van der Waals surface area contributed by atoms with Crippen molar-refractivity contribution in [2.45, 2.75) is 75.4 Å². The van der Waals surface area contributed by atoms with Gasteiger partial charge in [0.05, 0.1) is 11.5 Å². The second-order valence-corrected chi connectivity index (χ2v) is 8.18. The van der Waals surface area contributed by atoms with Gasteiger partial charge >= 0.3 is 0 Å². The first-order chi connectivity index (χ1) is 12.1. The van der Waals surface area contributed by atoms with E-state index in [1.165, 1.54) is 31.0 Å². The Balaban J connectivity index is 1.87. The molecule has 136 valence electrons. The third kappa shape index (κ3) is 4.26. The van der Waals surface area contributed by atoms with Gasteiger partial charge in [-0.1, -0.05) is 31.0 Å². The number of thioether (sulfide) groups is 1. The molecule has 1 aliphatic carbocycles. The molecule has 25 heavy (non-hydrogen) atoms. The minimum Gasteiger partial charge on any atom is -0.461 e. The molecule has 0 spiro atoms. The fourth-order valence-corrected chi connectivity index (χ4v) is 4.14. The van der Waals surface area contributed by atoms with Crippen molar-refractivity contribution in [1.82, 2.24) is 20.1 Å². The van der Waals surface area contributed by atoms with Crippen LogP contribution in [-0.2, 0) is 4.79 Å². The van der Waals surface area contributed by atoms with Gasteiger partial charge in [0.1, 0.15) is 0 Å². The number of carbonyl (C=O) groups excluding carboxylic acids is 1.